The minimum Gasteiger partial charge on any atom is -0.481 e. The number of hydrogen-bond acceptors (Lipinski definition) is 3. The lowest BCUT2D eigenvalue weighted by atomic mass is 10.00. The SMILES string of the molecule is CN1CCN(C2CCCC2C(=O)O)c2ccccc21. The molecule has 4 nitrogen and oxygen atoms in total. The maximum atomic E-state index is 11.4. The lowest BCUT2D eigenvalue weighted by Gasteiger charge is -2.41. The van der Waals surface area contributed by atoms with Crippen LogP contribution in [0.4, 0.5) is 11.4 Å². The van der Waals surface area contributed by atoms with Gasteiger partial charge in [-0.15, -0.1) is 0 Å². The summed E-state index contributed by atoms with van der Waals surface area (Å²) < 4.78 is 0. The van der Waals surface area contributed by atoms with Gasteiger partial charge in [0.05, 0.1) is 17.3 Å². The summed E-state index contributed by atoms with van der Waals surface area (Å²) in [7, 11) is 2.10. The Morgan fingerprint density at radius 3 is 2.68 bits per heavy atom. The predicted molar refractivity (Wildman–Crippen MR) is 75.8 cm³/mol. The average Bonchev–Trinajstić information content (AvgIpc) is 2.89. The molecular formula is C15H20N2O2. The molecule has 1 N–H and O–H groups in total. The minimum absolute atomic E-state index is 0.160. The van der Waals surface area contributed by atoms with Crippen LogP contribution in [-0.4, -0.2) is 37.3 Å². The van der Waals surface area contributed by atoms with Gasteiger partial charge in [0, 0.05) is 26.2 Å². The Kier molecular flexibility index (Phi) is 3.09. The maximum Gasteiger partial charge on any atom is 0.308 e. The molecule has 1 aliphatic carbocycles. The van der Waals surface area contributed by atoms with Gasteiger partial charge in [0.15, 0.2) is 0 Å². The molecule has 0 aromatic heterocycles. The van der Waals surface area contributed by atoms with Crippen LogP contribution in [0.15, 0.2) is 24.3 Å². The number of carboxylic acid groups (broad SMARTS) is 1. The molecule has 2 atom stereocenters. The number of para-hydroxylation sites is 2. The summed E-state index contributed by atoms with van der Waals surface area (Å²) in [5, 5.41) is 9.38. The van der Waals surface area contributed by atoms with Crippen molar-refractivity contribution in [2.75, 3.05) is 29.9 Å². The van der Waals surface area contributed by atoms with E-state index in [-0.39, 0.29) is 12.0 Å². The van der Waals surface area contributed by atoms with E-state index in [2.05, 4.69) is 29.0 Å². The fraction of sp³-hybridized carbons (Fsp3) is 0.533. The molecular weight excluding hydrogens is 240 g/mol. The number of rotatable bonds is 2. The molecule has 19 heavy (non-hydrogen) atoms. The van der Waals surface area contributed by atoms with Gasteiger partial charge in [-0.3, -0.25) is 4.79 Å². The zero-order chi connectivity index (χ0) is 13.4. The van der Waals surface area contributed by atoms with Gasteiger partial charge in [-0.25, -0.2) is 0 Å². The summed E-state index contributed by atoms with van der Waals surface area (Å²) in [4.78, 5) is 16.0. The van der Waals surface area contributed by atoms with E-state index in [9.17, 15) is 9.90 Å². The van der Waals surface area contributed by atoms with Crippen molar-refractivity contribution in [1.82, 2.24) is 0 Å². The molecule has 0 bridgehead atoms. The quantitative estimate of drug-likeness (QED) is 0.885. The Balaban J connectivity index is 1.94. The van der Waals surface area contributed by atoms with Crippen LogP contribution < -0.4 is 9.80 Å². The predicted octanol–water partition coefficient (Wildman–Crippen LogP) is 2.20. The molecule has 0 amide bonds. The second kappa shape index (κ2) is 4.76. The first-order valence-corrected chi connectivity index (χ1v) is 6.98. The van der Waals surface area contributed by atoms with E-state index in [1.165, 1.54) is 11.4 Å². The van der Waals surface area contributed by atoms with Crippen LogP contribution in [0.25, 0.3) is 0 Å². The lowest BCUT2D eigenvalue weighted by molar-refractivity contribution is -0.141. The molecule has 1 aromatic carbocycles. The van der Waals surface area contributed by atoms with Crippen molar-refractivity contribution in [3.05, 3.63) is 24.3 Å². The number of likely N-dealkylation sites (N-methyl/N-ethyl adjacent to an activating group) is 1. The van der Waals surface area contributed by atoms with Gasteiger partial charge in [-0.1, -0.05) is 18.6 Å². The van der Waals surface area contributed by atoms with Gasteiger partial charge in [0.1, 0.15) is 0 Å². The van der Waals surface area contributed by atoms with Gasteiger partial charge >= 0.3 is 5.97 Å². The number of carbonyl (C=O) groups is 1. The number of nitrogens with zero attached hydrogens (tertiary/aromatic N) is 2. The number of hydrogen-bond donors (Lipinski definition) is 1. The normalized spacial score (nSPS) is 26.4. The van der Waals surface area contributed by atoms with Crippen molar-refractivity contribution in [3.63, 3.8) is 0 Å². The second-order valence-electron chi connectivity index (χ2n) is 5.55. The van der Waals surface area contributed by atoms with Gasteiger partial charge in [0.2, 0.25) is 0 Å². The zero-order valence-electron chi connectivity index (χ0n) is 11.2. The highest BCUT2D eigenvalue weighted by molar-refractivity contribution is 5.76. The molecule has 102 valence electrons. The topological polar surface area (TPSA) is 43.8 Å². The van der Waals surface area contributed by atoms with Gasteiger partial charge in [-0.05, 0) is 25.0 Å². The van der Waals surface area contributed by atoms with Crippen LogP contribution >= 0.6 is 0 Å². The molecule has 0 spiro atoms. The standard InChI is InChI=1S/C15H20N2O2/c1-16-9-10-17(14-7-3-2-6-13(14)16)12-8-4-5-11(12)15(18)19/h2-3,6-7,11-12H,4-5,8-10H2,1H3,(H,18,19). The van der Waals surface area contributed by atoms with Crippen LogP contribution in [0.2, 0.25) is 0 Å². The number of benzene rings is 1. The van der Waals surface area contributed by atoms with E-state index in [4.69, 9.17) is 0 Å². The van der Waals surface area contributed by atoms with Gasteiger partial charge in [0.25, 0.3) is 0 Å². The monoisotopic (exact) mass is 260 g/mol. The molecule has 0 radical (unpaired) electrons. The van der Waals surface area contributed by atoms with E-state index in [1.54, 1.807) is 0 Å². The minimum atomic E-state index is -0.640. The first kappa shape index (κ1) is 12.3. The molecule has 1 fully saturated rings. The van der Waals surface area contributed by atoms with Crippen molar-refractivity contribution < 1.29 is 9.90 Å². The van der Waals surface area contributed by atoms with Gasteiger partial charge in [-0.2, -0.15) is 0 Å². The molecule has 1 aliphatic heterocycles. The third-order valence-electron chi connectivity index (χ3n) is 4.48. The van der Waals surface area contributed by atoms with E-state index >= 15 is 0 Å². The van der Waals surface area contributed by atoms with Crippen LogP contribution in [-0.2, 0) is 4.79 Å². The second-order valence-corrected chi connectivity index (χ2v) is 5.55. The molecule has 0 saturated heterocycles. The van der Waals surface area contributed by atoms with E-state index in [0.29, 0.717) is 0 Å². The van der Waals surface area contributed by atoms with Crippen LogP contribution in [0.3, 0.4) is 0 Å². The smallest absolute Gasteiger partial charge is 0.308 e. The molecule has 1 saturated carbocycles. The average molecular weight is 260 g/mol. The summed E-state index contributed by atoms with van der Waals surface area (Å²) in [6, 6.07) is 8.47. The summed E-state index contributed by atoms with van der Waals surface area (Å²) in [6.07, 6.45) is 2.83. The Morgan fingerprint density at radius 1 is 1.21 bits per heavy atom. The Bertz CT molecular complexity index is 489. The summed E-state index contributed by atoms with van der Waals surface area (Å²) in [6.45, 7) is 1.88. The third-order valence-corrected chi connectivity index (χ3v) is 4.48. The number of anilines is 2. The van der Waals surface area contributed by atoms with E-state index in [0.717, 1.165) is 32.4 Å². The molecule has 2 aliphatic rings. The van der Waals surface area contributed by atoms with Gasteiger partial charge < -0.3 is 14.9 Å². The van der Waals surface area contributed by atoms with Crippen molar-refractivity contribution in [2.24, 2.45) is 5.92 Å². The first-order chi connectivity index (χ1) is 9.18. The maximum absolute atomic E-state index is 11.4. The number of carboxylic acids is 1. The molecule has 1 heterocycles. The first-order valence-electron chi connectivity index (χ1n) is 6.98. The highest BCUT2D eigenvalue weighted by atomic mass is 16.4. The van der Waals surface area contributed by atoms with E-state index < -0.39 is 5.97 Å². The Hall–Kier alpha value is -1.71. The van der Waals surface area contributed by atoms with Crippen LogP contribution in [0.5, 0.6) is 0 Å². The molecule has 4 heteroatoms. The Morgan fingerprint density at radius 2 is 1.95 bits per heavy atom. The van der Waals surface area contributed by atoms with Crippen molar-refractivity contribution >= 4 is 17.3 Å². The fourth-order valence-corrected chi connectivity index (χ4v) is 3.47. The van der Waals surface area contributed by atoms with Crippen molar-refractivity contribution in [2.45, 2.75) is 25.3 Å². The third kappa shape index (κ3) is 2.05. The highest BCUT2D eigenvalue weighted by Crippen LogP contribution is 2.39. The highest BCUT2D eigenvalue weighted by Gasteiger charge is 2.38. The zero-order valence-corrected chi connectivity index (χ0v) is 11.2. The molecule has 3 rings (SSSR count). The summed E-state index contributed by atoms with van der Waals surface area (Å²) >= 11 is 0. The Labute approximate surface area is 113 Å². The number of aliphatic carboxylic acids is 1. The summed E-state index contributed by atoms with van der Waals surface area (Å²) in [5.41, 5.74) is 2.40. The lowest BCUT2D eigenvalue weighted by Crippen LogP contribution is -2.47. The largest absolute Gasteiger partial charge is 0.481 e. The van der Waals surface area contributed by atoms with Crippen molar-refractivity contribution in [3.8, 4) is 0 Å². The van der Waals surface area contributed by atoms with Crippen LogP contribution in [0, 0.1) is 5.92 Å². The van der Waals surface area contributed by atoms with Crippen molar-refractivity contribution in [1.29, 1.82) is 0 Å². The molecule has 2 unspecified atom stereocenters. The summed E-state index contributed by atoms with van der Waals surface area (Å²) in [5.74, 6) is -0.852. The van der Waals surface area contributed by atoms with E-state index in [1.807, 2.05) is 12.1 Å². The fourth-order valence-electron chi connectivity index (χ4n) is 3.47. The number of fused-ring (bicyclic) bond motifs is 1. The van der Waals surface area contributed by atoms with Crippen LogP contribution in [0.1, 0.15) is 19.3 Å². The molecule has 1 aromatic rings.